The van der Waals surface area contributed by atoms with Crippen LogP contribution >= 0.6 is 0 Å². The fourth-order valence-corrected chi connectivity index (χ4v) is 4.79. The van der Waals surface area contributed by atoms with E-state index in [0.29, 0.717) is 29.3 Å². The zero-order valence-electron chi connectivity index (χ0n) is 24.0. The molecule has 1 amide bonds. The fourth-order valence-electron chi connectivity index (χ4n) is 4.79. The molecule has 1 saturated heterocycles. The SMILES string of the molecule is CC(=O)Oc1ccc2c(c1)Cc1cc(OC(C)=O)ccc1N2C(=O)OCc1ccc(B2OC(C)(C)C(C)(C)O2)cc1. The molecule has 0 atom stereocenters. The summed E-state index contributed by atoms with van der Waals surface area (Å²) in [6.45, 7) is 10.7. The zero-order valence-corrected chi connectivity index (χ0v) is 24.0. The summed E-state index contributed by atoms with van der Waals surface area (Å²) in [4.78, 5) is 38.0. The van der Waals surface area contributed by atoms with E-state index in [1.54, 1.807) is 36.4 Å². The first-order chi connectivity index (χ1) is 19.3. The highest BCUT2D eigenvalue weighted by molar-refractivity contribution is 6.62. The van der Waals surface area contributed by atoms with Gasteiger partial charge >= 0.3 is 25.2 Å². The number of rotatable bonds is 5. The van der Waals surface area contributed by atoms with Gasteiger partial charge in [0.25, 0.3) is 0 Å². The number of esters is 2. The Morgan fingerprint density at radius 2 is 1.27 bits per heavy atom. The molecule has 41 heavy (non-hydrogen) atoms. The Morgan fingerprint density at radius 3 is 1.73 bits per heavy atom. The predicted molar refractivity (Wildman–Crippen MR) is 153 cm³/mol. The third kappa shape index (κ3) is 5.84. The van der Waals surface area contributed by atoms with Gasteiger partial charge in [-0.2, -0.15) is 0 Å². The summed E-state index contributed by atoms with van der Waals surface area (Å²) < 4.78 is 28.5. The van der Waals surface area contributed by atoms with Crippen molar-refractivity contribution in [3.63, 3.8) is 0 Å². The number of ether oxygens (including phenoxy) is 3. The van der Waals surface area contributed by atoms with Crippen molar-refractivity contribution in [3.05, 3.63) is 77.4 Å². The van der Waals surface area contributed by atoms with Crippen molar-refractivity contribution in [2.24, 2.45) is 0 Å². The van der Waals surface area contributed by atoms with E-state index in [9.17, 15) is 14.4 Å². The zero-order chi connectivity index (χ0) is 29.5. The highest BCUT2D eigenvalue weighted by Crippen LogP contribution is 2.42. The molecule has 0 N–H and O–H groups in total. The van der Waals surface area contributed by atoms with Crippen LogP contribution in [0, 0.1) is 0 Å². The second kappa shape index (κ2) is 10.7. The van der Waals surface area contributed by atoms with E-state index >= 15 is 0 Å². The first kappa shape index (κ1) is 28.4. The highest BCUT2D eigenvalue weighted by atomic mass is 16.7. The van der Waals surface area contributed by atoms with Gasteiger partial charge in [-0.3, -0.25) is 9.59 Å². The minimum atomic E-state index is -0.581. The van der Waals surface area contributed by atoms with Gasteiger partial charge in [0, 0.05) is 20.3 Å². The van der Waals surface area contributed by atoms with Crippen molar-refractivity contribution in [1.82, 2.24) is 0 Å². The maximum atomic E-state index is 13.5. The molecular weight excluding hydrogens is 525 g/mol. The van der Waals surface area contributed by atoms with Crippen LogP contribution in [0.4, 0.5) is 16.2 Å². The summed E-state index contributed by atoms with van der Waals surface area (Å²) >= 11 is 0. The first-order valence-electron chi connectivity index (χ1n) is 13.4. The molecule has 3 aromatic rings. The topological polar surface area (TPSA) is 101 Å². The van der Waals surface area contributed by atoms with Gasteiger partial charge < -0.3 is 23.5 Å². The molecule has 0 aromatic heterocycles. The van der Waals surface area contributed by atoms with Crippen molar-refractivity contribution in [2.45, 2.75) is 65.8 Å². The fraction of sp³-hybridized carbons (Fsp3) is 0.323. The van der Waals surface area contributed by atoms with Gasteiger partial charge in [0.15, 0.2) is 0 Å². The lowest BCUT2D eigenvalue weighted by atomic mass is 9.79. The van der Waals surface area contributed by atoms with E-state index < -0.39 is 36.4 Å². The second-order valence-electron chi connectivity index (χ2n) is 11.2. The molecule has 2 aliphatic rings. The molecule has 10 heteroatoms. The van der Waals surface area contributed by atoms with Crippen LogP contribution in [0.25, 0.3) is 0 Å². The van der Waals surface area contributed by atoms with Crippen LogP contribution in [0.1, 0.15) is 58.2 Å². The lowest BCUT2D eigenvalue weighted by Gasteiger charge is -2.32. The maximum Gasteiger partial charge on any atom is 0.494 e. The molecule has 0 radical (unpaired) electrons. The summed E-state index contributed by atoms with van der Waals surface area (Å²) in [7, 11) is -0.480. The summed E-state index contributed by atoms with van der Waals surface area (Å²) in [6.07, 6.45) is -0.151. The third-order valence-corrected chi connectivity index (χ3v) is 7.54. The number of carbonyl (C=O) groups is 3. The van der Waals surface area contributed by atoms with Crippen LogP contribution in [0.5, 0.6) is 11.5 Å². The molecule has 5 rings (SSSR count). The van der Waals surface area contributed by atoms with Crippen molar-refractivity contribution >= 4 is 42.0 Å². The number of fused-ring (bicyclic) bond motifs is 2. The average Bonchev–Trinajstić information content (AvgIpc) is 3.11. The second-order valence-corrected chi connectivity index (χ2v) is 11.2. The predicted octanol–water partition coefficient (Wildman–Crippen LogP) is 5.22. The van der Waals surface area contributed by atoms with Gasteiger partial charge in [0.05, 0.1) is 22.6 Å². The Balaban J connectivity index is 1.36. The lowest BCUT2D eigenvalue weighted by molar-refractivity contribution is -0.132. The van der Waals surface area contributed by atoms with Crippen LogP contribution in [0.3, 0.4) is 0 Å². The number of nitrogens with zero attached hydrogens (tertiary/aromatic N) is 1. The number of hydrogen-bond acceptors (Lipinski definition) is 8. The number of anilines is 2. The lowest BCUT2D eigenvalue weighted by Crippen LogP contribution is -2.41. The average molecular weight is 557 g/mol. The van der Waals surface area contributed by atoms with E-state index in [0.717, 1.165) is 22.2 Å². The molecule has 2 heterocycles. The van der Waals surface area contributed by atoms with Crippen LogP contribution in [0.15, 0.2) is 60.7 Å². The maximum absolute atomic E-state index is 13.5. The van der Waals surface area contributed by atoms with Gasteiger partial charge in [0.1, 0.15) is 18.1 Å². The molecule has 3 aromatic carbocycles. The summed E-state index contributed by atoms with van der Waals surface area (Å²) in [6, 6.07) is 17.7. The number of amides is 1. The van der Waals surface area contributed by atoms with Crippen molar-refractivity contribution in [2.75, 3.05) is 4.90 Å². The molecule has 0 aliphatic carbocycles. The van der Waals surface area contributed by atoms with Gasteiger partial charge in [-0.1, -0.05) is 24.3 Å². The van der Waals surface area contributed by atoms with E-state index in [1.807, 2.05) is 52.0 Å². The van der Waals surface area contributed by atoms with E-state index in [2.05, 4.69) is 0 Å². The standard InChI is InChI=1S/C31H32BNO8/c1-19(34)38-25-11-13-27-22(16-25)15-23-17-26(39-20(2)35)12-14-28(23)33(27)29(36)37-18-21-7-9-24(10-8-21)32-40-30(3,4)31(5,6)41-32/h7-14,16-17H,15,18H2,1-6H3. The molecular formula is C31H32BNO8. The van der Waals surface area contributed by atoms with Gasteiger partial charge in [-0.05, 0) is 86.2 Å². The summed E-state index contributed by atoms with van der Waals surface area (Å²) in [5, 5.41) is 0. The molecule has 1 fully saturated rings. The van der Waals surface area contributed by atoms with Crippen LogP contribution in [-0.2, 0) is 36.7 Å². The largest absolute Gasteiger partial charge is 0.494 e. The van der Waals surface area contributed by atoms with Crippen molar-refractivity contribution in [1.29, 1.82) is 0 Å². The van der Waals surface area contributed by atoms with Gasteiger partial charge in [-0.15, -0.1) is 0 Å². The molecule has 0 bridgehead atoms. The summed E-state index contributed by atoms with van der Waals surface area (Å²) in [5.74, 6) is -0.157. The molecule has 0 unspecified atom stereocenters. The Kier molecular flexibility index (Phi) is 7.40. The van der Waals surface area contributed by atoms with Gasteiger partial charge in [0.2, 0.25) is 0 Å². The smallest absolute Gasteiger partial charge is 0.444 e. The minimum Gasteiger partial charge on any atom is -0.444 e. The quantitative estimate of drug-likeness (QED) is 0.239. The van der Waals surface area contributed by atoms with Crippen LogP contribution in [0.2, 0.25) is 0 Å². The molecule has 0 spiro atoms. The normalized spacial score (nSPS) is 16.4. The molecule has 212 valence electrons. The van der Waals surface area contributed by atoms with Crippen molar-refractivity contribution < 1.29 is 37.9 Å². The number of hydrogen-bond donors (Lipinski definition) is 0. The summed E-state index contributed by atoms with van der Waals surface area (Å²) in [5.41, 5.74) is 3.51. The van der Waals surface area contributed by atoms with E-state index in [4.69, 9.17) is 23.5 Å². The van der Waals surface area contributed by atoms with E-state index in [-0.39, 0.29) is 6.61 Å². The molecule has 9 nitrogen and oxygen atoms in total. The van der Waals surface area contributed by atoms with Crippen molar-refractivity contribution in [3.8, 4) is 11.5 Å². The highest BCUT2D eigenvalue weighted by Gasteiger charge is 2.51. The monoisotopic (exact) mass is 557 g/mol. The number of benzene rings is 3. The van der Waals surface area contributed by atoms with Crippen LogP contribution < -0.4 is 19.8 Å². The molecule has 2 aliphatic heterocycles. The first-order valence-corrected chi connectivity index (χ1v) is 13.4. The number of carbonyl (C=O) groups excluding carboxylic acids is 3. The minimum absolute atomic E-state index is 0.0424. The Bertz CT molecular complexity index is 1430. The van der Waals surface area contributed by atoms with Crippen LogP contribution in [-0.4, -0.2) is 36.4 Å². The third-order valence-electron chi connectivity index (χ3n) is 7.54. The molecule has 0 saturated carbocycles. The van der Waals surface area contributed by atoms with E-state index in [1.165, 1.54) is 18.7 Å². The van der Waals surface area contributed by atoms with Gasteiger partial charge in [-0.25, -0.2) is 9.69 Å². The Morgan fingerprint density at radius 1 is 0.780 bits per heavy atom. The Labute approximate surface area is 239 Å². The Hall–Kier alpha value is -4.15.